The van der Waals surface area contributed by atoms with E-state index < -0.39 is 0 Å². The number of nitrogens with one attached hydrogen (secondary N) is 4. The maximum atomic E-state index is 12.7. The molecule has 1 amide bonds. The predicted octanol–water partition coefficient (Wildman–Crippen LogP) is 4.99. The molecule has 1 fully saturated rings. The number of anilines is 1. The van der Waals surface area contributed by atoms with Crippen LogP contribution in [0.2, 0.25) is 0 Å². The molecule has 6 aromatic rings. The Bertz CT molecular complexity index is 1840. The van der Waals surface area contributed by atoms with Crippen molar-refractivity contribution in [1.82, 2.24) is 40.0 Å². The molecule has 0 atom stereocenters. The Morgan fingerprint density at radius 2 is 1.95 bits per heavy atom. The van der Waals surface area contributed by atoms with Crippen molar-refractivity contribution in [3.8, 4) is 28.2 Å². The Labute approximate surface area is 230 Å². The molecule has 0 radical (unpaired) electrons. The fraction of sp³-hybridized carbons (Fsp3) is 0.233. The summed E-state index contributed by atoms with van der Waals surface area (Å²) >= 11 is 0. The lowest BCUT2D eigenvalue weighted by Gasteiger charge is -2.21. The van der Waals surface area contributed by atoms with Gasteiger partial charge in [0.15, 0.2) is 0 Å². The monoisotopic (exact) mass is 531 g/mol. The first-order chi connectivity index (χ1) is 19.6. The second-order valence-electron chi connectivity index (χ2n) is 10.4. The largest absolute Gasteiger partial charge is 0.338 e. The SMILES string of the molecule is Cc1cn(-c2ccnc3[nH]c(-c4n[nH]c5ccc(-c6cncc(NC(=O)CC7CCNCC7)c6)cc45)cc23)cn1. The van der Waals surface area contributed by atoms with E-state index in [-0.39, 0.29) is 5.91 Å². The van der Waals surface area contributed by atoms with Gasteiger partial charge in [0.05, 0.1) is 40.8 Å². The molecule has 200 valence electrons. The average Bonchev–Trinajstić information content (AvgIpc) is 3.71. The molecule has 4 N–H and O–H groups in total. The maximum absolute atomic E-state index is 12.7. The fourth-order valence-electron chi connectivity index (χ4n) is 5.54. The van der Waals surface area contributed by atoms with E-state index in [0.29, 0.717) is 18.0 Å². The highest BCUT2D eigenvalue weighted by molar-refractivity contribution is 5.99. The van der Waals surface area contributed by atoms with Gasteiger partial charge in [-0.2, -0.15) is 5.10 Å². The highest BCUT2D eigenvalue weighted by atomic mass is 16.1. The molecule has 0 bridgehead atoms. The first-order valence-corrected chi connectivity index (χ1v) is 13.5. The molecular formula is C30H29N9O. The van der Waals surface area contributed by atoms with E-state index in [2.05, 4.69) is 52.9 Å². The molecule has 1 aliphatic heterocycles. The Balaban J connectivity index is 1.19. The number of aromatic nitrogens is 7. The Hall–Kier alpha value is -4.83. The lowest BCUT2D eigenvalue weighted by molar-refractivity contribution is -0.117. The van der Waals surface area contributed by atoms with Gasteiger partial charge < -0.3 is 20.2 Å². The summed E-state index contributed by atoms with van der Waals surface area (Å²) in [7, 11) is 0. The zero-order valence-corrected chi connectivity index (χ0v) is 22.1. The summed E-state index contributed by atoms with van der Waals surface area (Å²) in [5.41, 5.74) is 7.94. The summed E-state index contributed by atoms with van der Waals surface area (Å²) in [6.45, 7) is 3.93. The number of rotatable bonds is 6. The first-order valence-electron chi connectivity index (χ1n) is 13.5. The molecule has 1 saturated heterocycles. The van der Waals surface area contributed by atoms with Crippen LogP contribution in [0.4, 0.5) is 5.69 Å². The Kier molecular flexibility index (Phi) is 6.09. The number of hydrogen-bond donors (Lipinski definition) is 4. The van der Waals surface area contributed by atoms with Gasteiger partial charge in [0.25, 0.3) is 0 Å². The number of pyridine rings is 2. The number of amides is 1. The van der Waals surface area contributed by atoms with Crippen LogP contribution in [0, 0.1) is 12.8 Å². The van der Waals surface area contributed by atoms with Crippen LogP contribution in [0.1, 0.15) is 25.0 Å². The van der Waals surface area contributed by atoms with E-state index >= 15 is 0 Å². The summed E-state index contributed by atoms with van der Waals surface area (Å²) in [6.07, 6.45) is 11.7. The number of aromatic amines is 2. The number of nitrogens with zero attached hydrogens (tertiary/aromatic N) is 5. The van der Waals surface area contributed by atoms with E-state index in [1.807, 2.05) is 54.5 Å². The molecule has 0 aliphatic carbocycles. The van der Waals surface area contributed by atoms with E-state index in [9.17, 15) is 4.79 Å². The maximum Gasteiger partial charge on any atom is 0.224 e. The van der Waals surface area contributed by atoms with Gasteiger partial charge >= 0.3 is 0 Å². The minimum absolute atomic E-state index is 0.0380. The number of aryl methyl sites for hydroxylation is 1. The highest BCUT2D eigenvalue weighted by Gasteiger charge is 2.18. The number of imidazole rings is 1. The van der Waals surface area contributed by atoms with Crippen LogP contribution >= 0.6 is 0 Å². The molecule has 10 heteroatoms. The van der Waals surface area contributed by atoms with E-state index in [1.165, 1.54) is 0 Å². The van der Waals surface area contributed by atoms with Crippen LogP contribution in [0.15, 0.2) is 67.5 Å². The van der Waals surface area contributed by atoms with Crippen LogP contribution < -0.4 is 10.6 Å². The number of fused-ring (bicyclic) bond motifs is 2. The van der Waals surface area contributed by atoms with E-state index in [1.54, 1.807) is 12.4 Å². The second kappa shape index (κ2) is 10.0. The minimum Gasteiger partial charge on any atom is -0.338 e. The lowest BCUT2D eigenvalue weighted by Crippen LogP contribution is -2.30. The molecular weight excluding hydrogens is 502 g/mol. The smallest absolute Gasteiger partial charge is 0.224 e. The van der Waals surface area contributed by atoms with Gasteiger partial charge in [-0.15, -0.1) is 0 Å². The van der Waals surface area contributed by atoms with Crippen LogP contribution in [0.25, 0.3) is 50.1 Å². The van der Waals surface area contributed by atoms with Gasteiger partial charge in [0.2, 0.25) is 5.91 Å². The van der Waals surface area contributed by atoms with Gasteiger partial charge in [0, 0.05) is 41.3 Å². The van der Waals surface area contributed by atoms with Gasteiger partial charge in [0.1, 0.15) is 11.3 Å². The van der Waals surface area contributed by atoms with Crippen LogP contribution in [0.3, 0.4) is 0 Å². The summed E-state index contributed by atoms with van der Waals surface area (Å²) in [5, 5.41) is 16.1. The normalized spacial score (nSPS) is 14.2. The lowest BCUT2D eigenvalue weighted by atomic mass is 9.94. The summed E-state index contributed by atoms with van der Waals surface area (Å²) in [5.74, 6) is 0.468. The van der Waals surface area contributed by atoms with Gasteiger partial charge in [-0.25, -0.2) is 9.97 Å². The third-order valence-corrected chi connectivity index (χ3v) is 7.60. The summed E-state index contributed by atoms with van der Waals surface area (Å²) in [6, 6.07) is 12.2. The summed E-state index contributed by atoms with van der Waals surface area (Å²) < 4.78 is 2.00. The number of benzene rings is 1. The van der Waals surface area contributed by atoms with Crippen LogP contribution in [0.5, 0.6) is 0 Å². The number of hydrogen-bond acceptors (Lipinski definition) is 6. The molecule has 10 nitrogen and oxygen atoms in total. The molecule has 7 rings (SSSR count). The quantitative estimate of drug-likeness (QED) is 0.240. The molecule has 1 aliphatic rings. The van der Waals surface area contributed by atoms with E-state index in [0.717, 1.165) is 81.8 Å². The minimum atomic E-state index is 0.0380. The van der Waals surface area contributed by atoms with Crippen molar-refractivity contribution in [2.45, 2.75) is 26.2 Å². The number of piperidine rings is 1. The van der Waals surface area contributed by atoms with Crippen molar-refractivity contribution in [3.05, 3.63) is 73.2 Å². The van der Waals surface area contributed by atoms with Crippen molar-refractivity contribution < 1.29 is 4.79 Å². The molecule has 40 heavy (non-hydrogen) atoms. The van der Waals surface area contributed by atoms with Crippen molar-refractivity contribution in [2.75, 3.05) is 18.4 Å². The molecule has 0 saturated carbocycles. The van der Waals surface area contributed by atoms with Crippen molar-refractivity contribution in [3.63, 3.8) is 0 Å². The van der Waals surface area contributed by atoms with Crippen molar-refractivity contribution >= 4 is 33.5 Å². The average molecular weight is 532 g/mol. The van der Waals surface area contributed by atoms with Crippen LogP contribution in [-0.2, 0) is 4.79 Å². The molecule has 6 heterocycles. The molecule has 1 aromatic carbocycles. The van der Waals surface area contributed by atoms with Gasteiger partial charge in [-0.1, -0.05) is 6.07 Å². The predicted molar refractivity (Wildman–Crippen MR) is 155 cm³/mol. The third-order valence-electron chi connectivity index (χ3n) is 7.60. The fourth-order valence-corrected chi connectivity index (χ4v) is 5.54. The Morgan fingerprint density at radius 1 is 1.05 bits per heavy atom. The summed E-state index contributed by atoms with van der Waals surface area (Å²) in [4.78, 5) is 29.4. The van der Waals surface area contributed by atoms with Crippen molar-refractivity contribution in [2.24, 2.45) is 5.92 Å². The first kappa shape index (κ1) is 24.2. The topological polar surface area (TPSA) is 129 Å². The number of H-pyrrole nitrogens is 2. The Morgan fingerprint density at radius 3 is 2.80 bits per heavy atom. The standard InChI is InChI=1S/C30H29N9O/c1-18-16-39(17-34-18)27-6-9-33-30-24(27)13-26(36-30)29-23-12-20(2-3-25(23)37-38-29)21-11-22(15-32-14-21)35-28(40)10-19-4-7-31-8-5-19/h2-3,6,9,11-17,19,31H,4-5,7-8,10H2,1H3,(H,33,36)(H,35,40)(H,37,38). The molecule has 5 aromatic heterocycles. The van der Waals surface area contributed by atoms with Gasteiger partial charge in [-0.3, -0.25) is 14.9 Å². The highest BCUT2D eigenvalue weighted by Crippen LogP contribution is 2.33. The van der Waals surface area contributed by atoms with Crippen LogP contribution in [-0.4, -0.2) is 53.7 Å². The number of carbonyl (C=O) groups excluding carboxylic acids is 1. The zero-order valence-electron chi connectivity index (χ0n) is 22.1. The van der Waals surface area contributed by atoms with E-state index in [4.69, 9.17) is 0 Å². The molecule has 0 unspecified atom stereocenters. The zero-order chi connectivity index (χ0) is 27.1. The molecule has 0 spiro atoms. The number of carbonyl (C=O) groups is 1. The third kappa shape index (κ3) is 4.62. The second-order valence-corrected chi connectivity index (χ2v) is 10.4. The van der Waals surface area contributed by atoms with Crippen molar-refractivity contribution in [1.29, 1.82) is 0 Å². The van der Waals surface area contributed by atoms with Gasteiger partial charge in [-0.05, 0) is 74.7 Å².